The maximum absolute atomic E-state index is 11.9. The third-order valence-corrected chi connectivity index (χ3v) is 2.10. The highest BCUT2D eigenvalue weighted by atomic mass is 19.4. The van der Waals surface area contributed by atoms with E-state index >= 15 is 0 Å². The molecule has 0 fully saturated rings. The van der Waals surface area contributed by atoms with Crippen molar-refractivity contribution in [3.05, 3.63) is 29.3 Å². The van der Waals surface area contributed by atoms with Crippen molar-refractivity contribution in [1.29, 1.82) is 0 Å². The number of benzene rings is 1. The molecule has 7 heteroatoms. The van der Waals surface area contributed by atoms with Gasteiger partial charge in [0.15, 0.2) is 0 Å². The Hall–Kier alpha value is -1.76. The van der Waals surface area contributed by atoms with Gasteiger partial charge in [0.1, 0.15) is 6.61 Å². The molecule has 0 aliphatic heterocycles. The van der Waals surface area contributed by atoms with Crippen LogP contribution in [0.25, 0.3) is 0 Å². The minimum atomic E-state index is -4.41. The Balaban J connectivity index is 2.82. The normalized spacial score (nSPS) is 11.3. The minimum absolute atomic E-state index is 0.0298. The summed E-state index contributed by atoms with van der Waals surface area (Å²) in [7, 11) is 1.16. The molecule has 0 saturated heterocycles. The van der Waals surface area contributed by atoms with E-state index in [9.17, 15) is 18.0 Å². The average Bonchev–Trinajstić information content (AvgIpc) is 2.26. The van der Waals surface area contributed by atoms with E-state index in [0.29, 0.717) is 0 Å². The number of anilines is 1. The molecule has 0 aliphatic rings. The molecular weight excluding hydrogens is 251 g/mol. The average molecular weight is 263 g/mol. The number of methoxy groups -OCH3 is 1. The van der Waals surface area contributed by atoms with E-state index in [4.69, 9.17) is 5.73 Å². The van der Waals surface area contributed by atoms with Crippen molar-refractivity contribution in [2.75, 3.05) is 19.5 Å². The zero-order chi connectivity index (χ0) is 13.8. The summed E-state index contributed by atoms with van der Waals surface area (Å²) in [5.41, 5.74) is 6.00. The number of hydrogen-bond acceptors (Lipinski definition) is 4. The summed E-state index contributed by atoms with van der Waals surface area (Å²) < 4.78 is 44.8. The number of hydrogen-bond donors (Lipinski definition) is 1. The fourth-order valence-corrected chi connectivity index (χ4v) is 1.37. The Kier molecular flexibility index (Phi) is 4.55. The maximum Gasteiger partial charge on any atom is 0.411 e. The summed E-state index contributed by atoms with van der Waals surface area (Å²) in [5, 5.41) is 0. The van der Waals surface area contributed by atoms with Crippen molar-refractivity contribution in [3.63, 3.8) is 0 Å². The Bertz CT molecular complexity index is 432. The van der Waals surface area contributed by atoms with Gasteiger partial charge in [0.2, 0.25) is 0 Å². The van der Waals surface area contributed by atoms with Gasteiger partial charge in [-0.15, -0.1) is 0 Å². The fraction of sp³-hybridized carbons (Fsp3) is 0.364. The molecule has 0 unspecified atom stereocenters. The summed E-state index contributed by atoms with van der Waals surface area (Å²) in [6.07, 6.45) is -4.41. The SMILES string of the molecule is COC(=O)c1c(N)cccc1COCC(F)(F)F. The zero-order valence-electron chi connectivity index (χ0n) is 9.58. The first-order valence-corrected chi connectivity index (χ1v) is 4.95. The minimum Gasteiger partial charge on any atom is -0.465 e. The van der Waals surface area contributed by atoms with Gasteiger partial charge in [0.05, 0.1) is 19.3 Å². The molecule has 0 saturated carbocycles. The molecule has 1 aromatic rings. The van der Waals surface area contributed by atoms with Gasteiger partial charge in [-0.25, -0.2) is 4.79 Å². The lowest BCUT2D eigenvalue weighted by atomic mass is 10.1. The van der Waals surface area contributed by atoms with Gasteiger partial charge in [0.25, 0.3) is 0 Å². The van der Waals surface area contributed by atoms with Crippen LogP contribution >= 0.6 is 0 Å². The van der Waals surface area contributed by atoms with Crippen LogP contribution in [-0.4, -0.2) is 25.9 Å². The van der Waals surface area contributed by atoms with Crippen LogP contribution in [-0.2, 0) is 16.1 Å². The second kappa shape index (κ2) is 5.72. The molecule has 4 nitrogen and oxygen atoms in total. The summed E-state index contributed by atoms with van der Waals surface area (Å²) >= 11 is 0. The smallest absolute Gasteiger partial charge is 0.411 e. The molecule has 1 rings (SSSR count). The highest BCUT2D eigenvalue weighted by Crippen LogP contribution is 2.21. The van der Waals surface area contributed by atoms with Gasteiger partial charge >= 0.3 is 12.1 Å². The summed E-state index contributed by atoms with van der Waals surface area (Å²) in [6, 6.07) is 4.44. The van der Waals surface area contributed by atoms with Crippen LogP contribution in [0.5, 0.6) is 0 Å². The lowest BCUT2D eigenvalue weighted by Crippen LogP contribution is -2.18. The number of nitrogens with two attached hydrogens (primary N) is 1. The second-order valence-corrected chi connectivity index (χ2v) is 3.48. The summed E-state index contributed by atoms with van der Waals surface area (Å²) in [5.74, 6) is -0.710. The molecule has 1 aromatic carbocycles. The molecule has 0 spiro atoms. The number of carbonyl (C=O) groups excluding carboxylic acids is 1. The summed E-state index contributed by atoms with van der Waals surface area (Å²) in [6.45, 7) is -1.75. The summed E-state index contributed by atoms with van der Waals surface area (Å²) in [4.78, 5) is 11.4. The van der Waals surface area contributed by atoms with E-state index in [1.807, 2.05) is 0 Å². The number of esters is 1. The molecule has 2 N–H and O–H groups in total. The van der Waals surface area contributed by atoms with Crippen molar-refractivity contribution in [1.82, 2.24) is 0 Å². The standard InChI is InChI=1S/C11H12F3NO3/c1-17-10(16)9-7(3-2-4-8(9)15)5-18-6-11(12,13)14/h2-4H,5-6,15H2,1H3. The molecule has 0 heterocycles. The lowest BCUT2D eigenvalue weighted by Gasteiger charge is -2.12. The number of halogens is 3. The largest absolute Gasteiger partial charge is 0.465 e. The van der Waals surface area contributed by atoms with Gasteiger partial charge in [-0.1, -0.05) is 12.1 Å². The third-order valence-electron chi connectivity index (χ3n) is 2.10. The van der Waals surface area contributed by atoms with Crippen LogP contribution in [0.2, 0.25) is 0 Å². The molecule has 18 heavy (non-hydrogen) atoms. The number of rotatable bonds is 4. The third kappa shape index (κ3) is 3.92. The van der Waals surface area contributed by atoms with E-state index < -0.39 is 18.8 Å². The van der Waals surface area contributed by atoms with Gasteiger partial charge in [0, 0.05) is 5.69 Å². The Morgan fingerprint density at radius 2 is 2.06 bits per heavy atom. The molecular formula is C11H12F3NO3. The molecule has 0 aromatic heterocycles. The van der Waals surface area contributed by atoms with E-state index in [0.717, 1.165) is 7.11 Å². The Morgan fingerprint density at radius 1 is 1.39 bits per heavy atom. The molecule has 0 radical (unpaired) electrons. The monoisotopic (exact) mass is 263 g/mol. The Labute approximate surface area is 101 Å². The van der Waals surface area contributed by atoms with E-state index in [2.05, 4.69) is 9.47 Å². The van der Waals surface area contributed by atoms with Gasteiger partial charge in [-0.3, -0.25) is 0 Å². The predicted octanol–water partition coefficient (Wildman–Crippen LogP) is 2.13. The molecule has 100 valence electrons. The van der Waals surface area contributed by atoms with E-state index in [1.54, 1.807) is 0 Å². The van der Waals surface area contributed by atoms with E-state index in [-0.39, 0.29) is 23.4 Å². The van der Waals surface area contributed by atoms with Crippen LogP contribution in [0.15, 0.2) is 18.2 Å². The van der Waals surface area contributed by atoms with Crippen LogP contribution in [0.3, 0.4) is 0 Å². The van der Waals surface area contributed by atoms with Crippen LogP contribution in [0.4, 0.5) is 18.9 Å². The molecule has 0 amide bonds. The molecule has 0 aliphatic carbocycles. The topological polar surface area (TPSA) is 61.5 Å². The zero-order valence-corrected chi connectivity index (χ0v) is 9.58. The van der Waals surface area contributed by atoms with Crippen LogP contribution in [0, 0.1) is 0 Å². The van der Waals surface area contributed by atoms with Crippen molar-refractivity contribution >= 4 is 11.7 Å². The van der Waals surface area contributed by atoms with Crippen molar-refractivity contribution < 1.29 is 27.4 Å². The van der Waals surface area contributed by atoms with Gasteiger partial charge < -0.3 is 15.2 Å². The quantitative estimate of drug-likeness (QED) is 0.667. The van der Waals surface area contributed by atoms with Crippen molar-refractivity contribution in [2.45, 2.75) is 12.8 Å². The second-order valence-electron chi connectivity index (χ2n) is 3.48. The predicted molar refractivity (Wildman–Crippen MR) is 57.9 cm³/mol. The molecule has 0 bridgehead atoms. The van der Waals surface area contributed by atoms with E-state index in [1.165, 1.54) is 18.2 Å². The highest BCUT2D eigenvalue weighted by molar-refractivity contribution is 5.96. The van der Waals surface area contributed by atoms with Gasteiger partial charge in [-0.2, -0.15) is 13.2 Å². The fourth-order valence-electron chi connectivity index (χ4n) is 1.37. The first-order chi connectivity index (χ1) is 8.35. The Morgan fingerprint density at radius 3 is 2.61 bits per heavy atom. The number of carbonyl (C=O) groups is 1. The first kappa shape index (κ1) is 14.3. The highest BCUT2D eigenvalue weighted by Gasteiger charge is 2.27. The van der Waals surface area contributed by atoms with Gasteiger partial charge in [-0.05, 0) is 11.6 Å². The number of ether oxygens (including phenoxy) is 2. The number of alkyl halides is 3. The van der Waals surface area contributed by atoms with Crippen LogP contribution in [0.1, 0.15) is 15.9 Å². The van der Waals surface area contributed by atoms with Crippen molar-refractivity contribution in [2.24, 2.45) is 0 Å². The molecule has 0 atom stereocenters. The lowest BCUT2D eigenvalue weighted by molar-refractivity contribution is -0.176. The van der Waals surface area contributed by atoms with Crippen molar-refractivity contribution in [3.8, 4) is 0 Å². The van der Waals surface area contributed by atoms with Crippen LogP contribution < -0.4 is 5.73 Å². The first-order valence-electron chi connectivity index (χ1n) is 4.95. The number of nitrogen functional groups attached to an aromatic ring is 1. The maximum atomic E-state index is 11.9.